The molecule has 26 heavy (non-hydrogen) atoms. The number of carbonyl (C=O) groups excluding carboxylic acids is 1. The Kier molecular flexibility index (Phi) is 4.44. The van der Waals surface area contributed by atoms with Crippen LogP contribution in [0.15, 0.2) is 54.6 Å². The van der Waals surface area contributed by atoms with Crippen molar-refractivity contribution >= 4 is 17.5 Å². The Labute approximate surface area is 154 Å². The van der Waals surface area contributed by atoms with Gasteiger partial charge in [0.25, 0.3) is 5.91 Å². The molecule has 5 nitrogen and oxygen atoms in total. The van der Waals surface area contributed by atoms with E-state index in [-0.39, 0.29) is 17.9 Å². The normalized spacial score (nSPS) is 16.2. The first-order valence-electron chi connectivity index (χ1n) is 8.22. The maximum Gasteiger partial charge on any atom is 0.269 e. The van der Waals surface area contributed by atoms with E-state index >= 15 is 0 Å². The van der Waals surface area contributed by atoms with Crippen LogP contribution in [0.4, 0.5) is 4.39 Å². The second kappa shape index (κ2) is 6.90. The molecule has 0 fully saturated rings. The zero-order valence-electron chi connectivity index (χ0n) is 13.7. The minimum Gasteiger partial charge on any atom is -0.347 e. The molecule has 1 aromatic heterocycles. The van der Waals surface area contributed by atoms with Gasteiger partial charge in [-0.15, -0.1) is 0 Å². The summed E-state index contributed by atoms with van der Waals surface area (Å²) in [4.78, 5) is 12.2. The van der Waals surface area contributed by atoms with Gasteiger partial charge in [0, 0.05) is 17.1 Å². The summed E-state index contributed by atoms with van der Waals surface area (Å²) in [5.74, 6) is -0.483. The Morgan fingerprint density at radius 1 is 1.23 bits per heavy atom. The number of hydrogen-bond donors (Lipinski definition) is 2. The van der Waals surface area contributed by atoms with Crippen LogP contribution in [-0.2, 0) is 6.54 Å². The standard InChI is InChI=1S/C19H16ClFN4O/c20-14-3-1-2-12(8-14)10-22-18-11-23-19(26)17-9-16(24-25(17)18)13-4-6-15(21)7-5-13/h1-9,18,22H,10-11H2,(H,23,26)/t18-/m1/s1. The molecule has 132 valence electrons. The summed E-state index contributed by atoms with van der Waals surface area (Å²) in [5.41, 5.74) is 2.90. The first kappa shape index (κ1) is 16.8. The maximum absolute atomic E-state index is 13.1. The van der Waals surface area contributed by atoms with Gasteiger partial charge in [-0.3, -0.25) is 10.1 Å². The number of nitrogens with one attached hydrogen (secondary N) is 2. The van der Waals surface area contributed by atoms with Crippen LogP contribution in [0.1, 0.15) is 22.2 Å². The SMILES string of the molecule is O=C1NC[C@H](NCc2cccc(Cl)c2)n2nc(-c3ccc(F)cc3)cc21. The van der Waals surface area contributed by atoms with Gasteiger partial charge in [0.1, 0.15) is 17.7 Å². The fourth-order valence-corrected chi connectivity index (χ4v) is 3.18. The summed E-state index contributed by atoms with van der Waals surface area (Å²) >= 11 is 6.02. The number of halogens is 2. The highest BCUT2D eigenvalue weighted by Gasteiger charge is 2.27. The minimum absolute atomic E-state index is 0.174. The average Bonchev–Trinajstić information content (AvgIpc) is 3.08. The van der Waals surface area contributed by atoms with Gasteiger partial charge in [0.2, 0.25) is 0 Å². The monoisotopic (exact) mass is 370 g/mol. The molecule has 2 N–H and O–H groups in total. The van der Waals surface area contributed by atoms with E-state index in [0.717, 1.165) is 11.1 Å². The fraction of sp³-hybridized carbons (Fsp3) is 0.158. The molecule has 1 aliphatic heterocycles. The lowest BCUT2D eigenvalue weighted by atomic mass is 10.1. The van der Waals surface area contributed by atoms with Gasteiger partial charge in [0.05, 0.1) is 12.2 Å². The summed E-state index contributed by atoms with van der Waals surface area (Å²) in [7, 11) is 0. The van der Waals surface area contributed by atoms with Crippen molar-refractivity contribution in [2.75, 3.05) is 6.54 Å². The largest absolute Gasteiger partial charge is 0.347 e. The van der Waals surface area contributed by atoms with E-state index in [2.05, 4.69) is 15.7 Å². The molecule has 0 spiro atoms. The van der Waals surface area contributed by atoms with Crippen LogP contribution in [-0.4, -0.2) is 22.2 Å². The van der Waals surface area contributed by atoms with E-state index in [1.54, 1.807) is 22.9 Å². The maximum atomic E-state index is 13.1. The molecule has 4 rings (SSSR count). The molecule has 3 aromatic rings. The molecule has 1 aliphatic rings. The van der Waals surface area contributed by atoms with Crippen LogP contribution in [0, 0.1) is 5.82 Å². The minimum atomic E-state index is -0.309. The Balaban J connectivity index is 1.59. The smallest absolute Gasteiger partial charge is 0.269 e. The molecule has 7 heteroatoms. The summed E-state index contributed by atoms with van der Waals surface area (Å²) in [6, 6.07) is 15.4. The third-order valence-electron chi connectivity index (χ3n) is 4.29. The molecule has 2 aromatic carbocycles. The van der Waals surface area contributed by atoms with Crippen LogP contribution >= 0.6 is 11.6 Å². The van der Waals surface area contributed by atoms with Crippen LogP contribution < -0.4 is 10.6 Å². The van der Waals surface area contributed by atoms with E-state index in [9.17, 15) is 9.18 Å². The molecular formula is C19H16ClFN4O. The number of nitrogens with zero attached hydrogens (tertiary/aromatic N) is 2. The molecule has 0 saturated heterocycles. The molecule has 1 atom stereocenters. The lowest BCUT2D eigenvalue weighted by Crippen LogP contribution is -2.45. The highest BCUT2D eigenvalue weighted by atomic mass is 35.5. The van der Waals surface area contributed by atoms with Gasteiger partial charge in [-0.25, -0.2) is 9.07 Å². The fourth-order valence-electron chi connectivity index (χ4n) is 2.97. The Bertz CT molecular complexity index is 954. The Hall–Kier alpha value is -2.70. The van der Waals surface area contributed by atoms with E-state index in [1.807, 2.05) is 24.3 Å². The van der Waals surface area contributed by atoms with Gasteiger partial charge in [-0.05, 0) is 48.0 Å². The Morgan fingerprint density at radius 3 is 2.81 bits per heavy atom. The predicted octanol–water partition coefficient (Wildman–Crippen LogP) is 3.37. The van der Waals surface area contributed by atoms with Crippen LogP contribution in [0.25, 0.3) is 11.3 Å². The predicted molar refractivity (Wildman–Crippen MR) is 97.3 cm³/mol. The number of benzene rings is 2. The number of amides is 1. The van der Waals surface area contributed by atoms with Crippen LogP contribution in [0.2, 0.25) is 5.02 Å². The summed E-state index contributed by atoms with van der Waals surface area (Å²) in [6.07, 6.45) is -0.184. The number of aromatic nitrogens is 2. The molecule has 2 heterocycles. The molecule has 0 unspecified atom stereocenters. The highest BCUT2D eigenvalue weighted by molar-refractivity contribution is 6.30. The number of hydrogen-bond acceptors (Lipinski definition) is 3. The number of carbonyl (C=O) groups is 1. The van der Waals surface area contributed by atoms with Crippen molar-refractivity contribution in [3.8, 4) is 11.3 Å². The van der Waals surface area contributed by atoms with E-state index in [1.165, 1.54) is 12.1 Å². The van der Waals surface area contributed by atoms with Crippen molar-refractivity contribution in [1.29, 1.82) is 0 Å². The molecule has 0 aliphatic carbocycles. The van der Waals surface area contributed by atoms with Crippen molar-refractivity contribution in [1.82, 2.24) is 20.4 Å². The molecule has 0 saturated carbocycles. The van der Waals surface area contributed by atoms with Gasteiger partial charge in [0.15, 0.2) is 0 Å². The number of rotatable bonds is 4. The van der Waals surface area contributed by atoms with E-state index in [0.29, 0.717) is 29.5 Å². The zero-order valence-corrected chi connectivity index (χ0v) is 14.5. The van der Waals surface area contributed by atoms with Gasteiger partial charge in [-0.1, -0.05) is 23.7 Å². The highest BCUT2D eigenvalue weighted by Crippen LogP contribution is 2.23. The second-order valence-electron chi connectivity index (χ2n) is 6.10. The first-order chi connectivity index (χ1) is 12.6. The summed E-state index contributed by atoms with van der Waals surface area (Å²) in [5, 5.41) is 11.5. The quantitative estimate of drug-likeness (QED) is 0.740. The lowest BCUT2D eigenvalue weighted by Gasteiger charge is -2.25. The molecule has 0 bridgehead atoms. The third-order valence-corrected chi connectivity index (χ3v) is 4.53. The zero-order chi connectivity index (χ0) is 18.1. The van der Waals surface area contributed by atoms with Crippen LogP contribution in [0.3, 0.4) is 0 Å². The Morgan fingerprint density at radius 2 is 2.04 bits per heavy atom. The topological polar surface area (TPSA) is 59.0 Å². The van der Waals surface area contributed by atoms with Gasteiger partial charge < -0.3 is 5.32 Å². The van der Waals surface area contributed by atoms with Crippen molar-refractivity contribution in [3.63, 3.8) is 0 Å². The lowest BCUT2D eigenvalue weighted by molar-refractivity contribution is 0.0900. The van der Waals surface area contributed by atoms with Crippen molar-refractivity contribution in [3.05, 3.63) is 76.7 Å². The summed E-state index contributed by atoms with van der Waals surface area (Å²) < 4.78 is 14.8. The molecular weight excluding hydrogens is 355 g/mol. The second-order valence-corrected chi connectivity index (χ2v) is 6.54. The molecule has 0 radical (unpaired) electrons. The van der Waals surface area contributed by atoms with Crippen molar-refractivity contribution < 1.29 is 9.18 Å². The first-order valence-corrected chi connectivity index (χ1v) is 8.59. The van der Waals surface area contributed by atoms with E-state index < -0.39 is 0 Å². The van der Waals surface area contributed by atoms with Gasteiger partial charge >= 0.3 is 0 Å². The van der Waals surface area contributed by atoms with Crippen molar-refractivity contribution in [2.24, 2.45) is 0 Å². The summed E-state index contributed by atoms with van der Waals surface area (Å²) in [6.45, 7) is 1.02. The van der Waals surface area contributed by atoms with Crippen LogP contribution in [0.5, 0.6) is 0 Å². The average molecular weight is 371 g/mol. The van der Waals surface area contributed by atoms with E-state index in [4.69, 9.17) is 11.6 Å². The third kappa shape index (κ3) is 3.34. The van der Waals surface area contributed by atoms with Crippen molar-refractivity contribution in [2.45, 2.75) is 12.7 Å². The molecule has 1 amide bonds. The van der Waals surface area contributed by atoms with Gasteiger partial charge in [-0.2, -0.15) is 5.10 Å². The number of fused-ring (bicyclic) bond motifs is 1.